The van der Waals surface area contributed by atoms with Crippen molar-refractivity contribution in [3.8, 4) is 11.8 Å². The molecule has 0 bridgehead atoms. The van der Waals surface area contributed by atoms with Crippen molar-refractivity contribution in [3.63, 3.8) is 0 Å². The smallest absolute Gasteiger partial charge is 0.273 e. The van der Waals surface area contributed by atoms with Crippen molar-refractivity contribution in [2.24, 2.45) is 0 Å². The van der Waals surface area contributed by atoms with Crippen molar-refractivity contribution in [2.45, 2.75) is 39.5 Å². The molecule has 4 rings (SSSR count). The summed E-state index contributed by atoms with van der Waals surface area (Å²) in [7, 11) is 0. The summed E-state index contributed by atoms with van der Waals surface area (Å²) in [5, 5.41) is 9.52. The van der Waals surface area contributed by atoms with Crippen LogP contribution in [0.4, 0.5) is 0 Å². The lowest BCUT2D eigenvalue weighted by Crippen LogP contribution is -2.32. The lowest BCUT2D eigenvalue weighted by Gasteiger charge is -2.28. The Morgan fingerprint density at radius 2 is 1.62 bits per heavy atom. The van der Waals surface area contributed by atoms with Gasteiger partial charge in [0.25, 0.3) is 5.56 Å². The van der Waals surface area contributed by atoms with E-state index < -0.39 is 0 Å². The van der Waals surface area contributed by atoms with E-state index in [4.69, 9.17) is 0 Å². The van der Waals surface area contributed by atoms with Crippen LogP contribution in [0.1, 0.15) is 56.2 Å². The molecule has 0 spiro atoms. The molecule has 0 saturated carbocycles. The third-order valence-corrected chi connectivity index (χ3v) is 5.73. The van der Waals surface area contributed by atoms with Gasteiger partial charge in [-0.1, -0.05) is 48.0 Å². The second-order valence-corrected chi connectivity index (χ2v) is 7.86. The van der Waals surface area contributed by atoms with Crippen LogP contribution in [-0.4, -0.2) is 10.4 Å². The molecular formula is C25H22N2O2. The molecule has 1 heterocycles. The molecule has 0 amide bonds. The van der Waals surface area contributed by atoms with Crippen LogP contribution in [0, 0.1) is 32.1 Å². The fourth-order valence-electron chi connectivity index (χ4n) is 4.54. The van der Waals surface area contributed by atoms with Crippen LogP contribution in [0.25, 0.3) is 5.69 Å². The molecule has 1 aliphatic rings. The van der Waals surface area contributed by atoms with E-state index in [1.807, 2.05) is 69.3 Å². The Kier molecular flexibility index (Phi) is 4.68. The highest BCUT2D eigenvalue weighted by atomic mass is 16.1. The number of fused-ring (bicyclic) bond motifs is 1. The average Bonchev–Trinajstić information content (AvgIpc) is 2.69. The molecule has 3 aromatic rings. The van der Waals surface area contributed by atoms with Crippen LogP contribution < -0.4 is 5.56 Å². The largest absolute Gasteiger partial charge is 0.294 e. The quantitative estimate of drug-likeness (QED) is 0.653. The molecule has 0 fully saturated rings. The van der Waals surface area contributed by atoms with Crippen molar-refractivity contribution in [3.05, 3.63) is 98.0 Å². The van der Waals surface area contributed by atoms with Crippen molar-refractivity contribution in [1.29, 1.82) is 5.26 Å². The minimum Gasteiger partial charge on any atom is -0.294 e. The molecule has 2 aromatic carbocycles. The van der Waals surface area contributed by atoms with E-state index in [2.05, 4.69) is 0 Å². The Bertz CT molecular complexity index is 1210. The van der Waals surface area contributed by atoms with Crippen LogP contribution in [0.2, 0.25) is 0 Å². The van der Waals surface area contributed by atoms with Crippen LogP contribution in [0.15, 0.2) is 53.3 Å². The first-order valence-electron chi connectivity index (χ1n) is 9.76. The number of pyridine rings is 1. The topological polar surface area (TPSA) is 62.9 Å². The molecule has 29 heavy (non-hydrogen) atoms. The van der Waals surface area contributed by atoms with Crippen LogP contribution in [-0.2, 0) is 6.42 Å². The van der Waals surface area contributed by atoms with E-state index >= 15 is 0 Å². The van der Waals surface area contributed by atoms with Gasteiger partial charge < -0.3 is 0 Å². The summed E-state index contributed by atoms with van der Waals surface area (Å²) in [5.41, 5.74) is 5.73. The van der Waals surface area contributed by atoms with Crippen molar-refractivity contribution < 1.29 is 4.79 Å². The normalized spacial score (nSPS) is 15.7. The maximum absolute atomic E-state index is 13.2. The molecule has 1 aliphatic carbocycles. The molecule has 0 N–H and O–H groups in total. The molecule has 1 unspecified atom stereocenters. The highest BCUT2D eigenvalue weighted by Crippen LogP contribution is 2.34. The van der Waals surface area contributed by atoms with Crippen molar-refractivity contribution in [2.75, 3.05) is 0 Å². The molecule has 0 radical (unpaired) electrons. The molecule has 0 aliphatic heterocycles. The van der Waals surface area contributed by atoms with E-state index in [1.165, 1.54) is 6.07 Å². The van der Waals surface area contributed by atoms with Crippen LogP contribution in [0.5, 0.6) is 0 Å². The fourth-order valence-corrected chi connectivity index (χ4v) is 4.54. The molecule has 4 nitrogen and oxygen atoms in total. The van der Waals surface area contributed by atoms with Gasteiger partial charge in [0.15, 0.2) is 5.78 Å². The number of carbonyl (C=O) groups excluding carboxylic acids is 1. The van der Waals surface area contributed by atoms with Gasteiger partial charge >= 0.3 is 0 Å². The Morgan fingerprint density at radius 3 is 2.24 bits per heavy atom. The molecule has 4 heteroatoms. The summed E-state index contributed by atoms with van der Waals surface area (Å²) in [6, 6.07) is 17.5. The zero-order valence-electron chi connectivity index (χ0n) is 16.8. The van der Waals surface area contributed by atoms with Gasteiger partial charge in [0.1, 0.15) is 11.6 Å². The lowest BCUT2D eigenvalue weighted by molar-refractivity contribution is 0.0962. The maximum Gasteiger partial charge on any atom is 0.273 e. The van der Waals surface area contributed by atoms with E-state index in [9.17, 15) is 14.9 Å². The standard InChI is InChI=1S/C25H22N2O2/c1-15-9-16(2)24(17(3)10-15)27-22-12-19(18-7-5-4-6-8-18)13-23(28)21(22)11-20(14-26)25(27)29/h4-11,19H,12-13H2,1-3H3. The number of hydrogen-bond donors (Lipinski definition) is 0. The van der Waals surface area contributed by atoms with Gasteiger partial charge in [0.2, 0.25) is 0 Å². The second-order valence-electron chi connectivity index (χ2n) is 7.86. The number of hydrogen-bond acceptors (Lipinski definition) is 3. The van der Waals surface area contributed by atoms with E-state index in [-0.39, 0.29) is 22.8 Å². The monoisotopic (exact) mass is 382 g/mol. The Balaban J connectivity index is 2.01. The third kappa shape index (κ3) is 3.19. The summed E-state index contributed by atoms with van der Waals surface area (Å²) in [5.74, 6) is -0.00591. The van der Waals surface area contributed by atoms with E-state index in [0.717, 1.165) is 27.9 Å². The van der Waals surface area contributed by atoms with Gasteiger partial charge in [-0.3, -0.25) is 14.2 Å². The van der Waals surface area contributed by atoms with Gasteiger partial charge in [-0.25, -0.2) is 0 Å². The average molecular weight is 382 g/mol. The molecule has 1 atom stereocenters. The summed E-state index contributed by atoms with van der Waals surface area (Å²) >= 11 is 0. The number of ketones is 1. The first kappa shape index (κ1) is 18.9. The summed E-state index contributed by atoms with van der Waals surface area (Å²) in [4.78, 5) is 26.3. The van der Waals surface area contributed by atoms with Gasteiger partial charge in [-0.05, 0) is 55.9 Å². The molecule has 0 saturated heterocycles. The lowest BCUT2D eigenvalue weighted by atomic mass is 9.81. The number of rotatable bonds is 2. The minimum atomic E-state index is -0.359. The SMILES string of the molecule is Cc1cc(C)c(-n2c3c(cc(C#N)c2=O)C(=O)CC(c2ccccc2)C3)c(C)c1. The maximum atomic E-state index is 13.2. The third-order valence-electron chi connectivity index (χ3n) is 5.73. The number of aromatic nitrogens is 1. The minimum absolute atomic E-state index is 0.00892. The summed E-state index contributed by atoms with van der Waals surface area (Å²) < 4.78 is 1.62. The highest BCUT2D eigenvalue weighted by Gasteiger charge is 2.31. The van der Waals surface area contributed by atoms with Crippen LogP contribution in [0.3, 0.4) is 0 Å². The van der Waals surface area contributed by atoms with E-state index in [1.54, 1.807) is 4.57 Å². The Morgan fingerprint density at radius 1 is 0.966 bits per heavy atom. The number of nitriles is 1. The fraction of sp³-hybridized carbons (Fsp3) is 0.240. The summed E-state index contributed by atoms with van der Waals surface area (Å²) in [6.07, 6.45) is 0.963. The van der Waals surface area contributed by atoms with Gasteiger partial charge in [-0.2, -0.15) is 5.26 Å². The number of carbonyl (C=O) groups is 1. The molecular weight excluding hydrogens is 360 g/mol. The zero-order valence-corrected chi connectivity index (χ0v) is 16.8. The highest BCUT2D eigenvalue weighted by molar-refractivity contribution is 5.99. The van der Waals surface area contributed by atoms with Gasteiger partial charge in [0, 0.05) is 17.7 Å². The predicted molar refractivity (Wildman–Crippen MR) is 113 cm³/mol. The Hall–Kier alpha value is -3.45. The predicted octanol–water partition coefficient (Wildman–Crippen LogP) is 4.55. The number of benzene rings is 2. The number of Topliss-reactive ketones (excluding diaryl/α,β-unsaturated/α-hetero) is 1. The second kappa shape index (κ2) is 7.18. The number of nitrogens with zero attached hydrogens (tertiary/aromatic N) is 2. The van der Waals surface area contributed by atoms with Gasteiger partial charge in [0.05, 0.1) is 5.69 Å². The van der Waals surface area contributed by atoms with Crippen LogP contribution >= 0.6 is 0 Å². The Labute approximate surface area is 170 Å². The number of aryl methyl sites for hydroxylation is 3. The van der Waals surface area contributed by atoms with Crippen molar-refractivity contribution in [1.82, 2.24) is 4.57 Å². The van der Waals surface area contributed by atoms with Crippen molar-refractivity contribution >= 4 is 5.78 Å². The first-order valence-corrected chi connectivity index (χ1v) is 9.76. The van der Waals surface area contributed by atoms with E-state index in [0.29, 0.717) is 24.1 Å². The first-order chi connectivity index (χ1) is 13.9. The molecule has 1 aromatic heterocycles. The van der Waals surface area contributed by atoms with Gasteiger partial charge in [-0.15, -0.1) is 0 Å². The zero-order chi connectivity index (χ0) is 20.7. The molecule has 144 valence electrons. The summed E-state index contributed by atoms with van der Waals surface area (Å²) in [6.45, 7) is 5.95.